The van der Waals surface area contributed by atoms with Gasteiger partial charge in [-0.2, -0.15) is 0 Å². The number of nitrogen functional groups attached to an aromatic ring is 1. The van der Waals surface area contributed by atoms with Crippen LogP contribution >= 0.6 is 11.3 Å². The van der Waals surface area contributed by atoms with Gasteiger partial charge in [-0.1, -0.05) is 66.7 Å². The van der Waals surface area contributed by atoms with Gasteiger partial charge >= 0.3 is 0 Å². The molecule has 0 bridgehead atoms. The fourth-order valence-corrected chi connectivity index (χ4v) is 4.80. The quantitative estimate of drug-likeness (QED) is 0.347. The third-order valence-corrected chi connectivity index (χ3v) is 6.55. The molecule has 0 radical (unpaired) electrons. The molecule has 0 aliphatic carbocycles. The van der Waals surface area contributed by atoms with Crippen molar-refractivity contribution in [3.8, 4) is 0 Å². The van der Waals surface area contributed by atoms with Crippen LogP contribution in [0.15, 0.2) is 78.9 Å². The van der Waals surface area contributed by atoms with Crippen LogP contribution in [-0.2, 0) is 0 Å². The number of hydrogen-bond acceptors (Lipinski definition) is 5. The van der Waals surface area contributed by atoms with Crippen LogP contribution in [0.25, 0.3) is 21.0 Å². The second-order valence-corrected chi connectivity index (χ2v) is 8.49. The molecule has 3 N–H and O–H groups in total. The van der Waals surface area contributed by atoms with Crippen molar-refractivity contribution in [2.45, 2.75) is 6.92 Å². The molecular weight excluding hydrogens is 418 g/mol. The summed E-state index contributed by atoms with van der Waals surface area (Å²) in [6, 6.07) is 24.4. The van der Waals surface area contributed by atoms with Crippen LogP contribution in [0.1, 0.15) is 31.3 Å². The molecule has 3 aromatic carbocycles. The SMILES string of the molecule is Cc1nc2sc(C(=O)Nc3cccc4ccccc34)c(N)c2cc1C(=O)c1ccccc1. The summed E-state index contributed by atoms with van der Waals surface area (Å²) in [5.74, 6) is -0.416. The fraction of sp³-hybridized carbons (Fsp3) is 0.0385. The fourth-order valence-electron chi connectivity index (χ4n) is 3.79. The highest BCUT2D eigenvalue weighted by atomic mass is 32.1. The van der Waals surface area contributed by atoms with Gasteiger partial charge in [0.1, 0.15) is 9.71 Å². The van der Waals surface area contributed by atoms with Crippen molar-refractivity contribution in [3.05, 3.63) is 101 Å². The third kappa shape index (κ3) is 3.40. The van der Waals surface area contributed by atoms with Crippen LogP contribution in [0.4, 0.5) is 11.4 Å². The first-order chi connectivity index (χ1) is 15.5. The van der Waals surface area contributed by atoms with E-state index in [1.807, 2.05) is 60.7 Å². The average molecular weight is 438 g/mol. The third-order valence-electron chi connectivity index (χ3n) is 5.44. The molecule has 0 spiro atoms. The average Bonchev–Trinajstić information content (AvgIpc) is 3.14. The van der Waals surface area contributed by atoms with Crippen LogP contribution in [0, 0.1) is 6.92 Å². The minimum absolute atomic E-state index is 0.121. The summed E-state index contributed by atoms with van der Waals surface area (Å²) in [6.45, 7) is 1.79. The lowest BCUT2D eigenvalue weighted by atomic mass is 10.0. The summed E-state index contributed by atoms with van der Waals surface area (Å²) in [4.78, 5) is 31.7. The van der Waals surface area contributed by atoms with Crippen molar-refractivity contribution in [2.24, 2.45) is 0 Å². The number of anilines is 2. The van der Waals surface area contributed by atoms with E-state index < -0.39 is 0 Å². The van der Waals surface area contributed by atoms with Gasteiger partial charge in [0.2, 0.25) is 0 Å². The number of pyridine rings is 1. The minimum Gasteiger partial charge on any atom is -0.397 e. The molecular formula is C26H19N3O2S. The number of carbonyl (C=O) groups excluding carboxylic acids is 2. The number of aromatic nitrogens is 1. The zero-order valence-corrected chi connectivity index (χ0v) is 18.1. The molecule has 5 aromatic rings. The number of carbonyl (C=O) groups is 2. The van der Waals surface area contributed by atoms with Crippen LogP contribution in [0.5, 0.6) is 0 Å². The Morgan fingerprint density at radius 2 is 1.62 bits per heavy atom. The number of thiophene rings is 1. The maximum atomic E-state index is 13.1. The number of fused-ring (bicyclic) bond motifs is 2. The number of benzene rings is 3. The number of ketones is 1. The first-order valence-electron chi connectivity index (χ1n) is 10.1. The molecule has 0 atom stereocenters. The normalized spacial score (nSPS) is 11.0. The Kier molecular flexibility index (Phi) is 4.92. The molecule has 0 fully saturated rings. The Hall–Kier alpha value is -4.03. The smallest absolute Gasteiger partial charge is 0.267 e. The predicted octanol–water partition coefficient (Wildman–Crippen LogP) is 5.82. The van der Waals surface area contributed by atoms with Crippen LogP contribution < -0.4 is 11.1 Å². The highest BCUT2D eigenvalue weighted by molar-refractivity contribution is 7.21. The molecule has 5 rings (SSSR count). The lowest BCUT2D eigenvalue weighted by Gasteiger charge is -2.08. The van der Waals surface area contributed by atoms with E-state index in [0.717, 1.165) is 10.8 Å². The molecule has 2 heterocycles. The first-order valence-corrected chi connectivity index (χ1v) is 10.9. The molecule has 1 amide bonds. The van der Waals surface area contributed by atoms with Gasteiger partial charge < -0.3 is 11.1 Å². The first kappa shape index (κ1) is 19.9. The van der Waals surface area contributed by atoms with Gasteiger partial charge in [-0.25, -0.2) is 4.98 Å². The molecule has 0 saturated carbocycles. The van der Waals surface area contributed by atoms with Crippen molar-refractivity contribution in [1.29, 1.82) is 0 Å². The Morgan fingerprint density at radius 3 is 2.44 bits per heavy atom. The van der Waals surface area contributed by atoms with Crippen molar-refractivity contribution >= 4 is 55.4 Å². The summed E-state index contributed by atoms with van der Waals surface area (Å²) >= 11 is 1.23. The van der Waals surface area contributed by atoms with Gasteiger partial charge in [-0.3, -0.25) is 9.59 Å². The number of nitrogens with two attached hydrogens (primary N) is 1. The second kappa shape index (κ2) is 7.90. The topological polar surface area (TPSA) is 85.1 Å². The summed E-state index contributed by atoms with van der Waals surface area (Å²) in [5, 5.41) is 5.58. The standard InChI is InChI=1S/C26H19N3O2S/c1-15-19(23(30)17-9-3-2-4-10-17)14-20-22(27)24(32-26(20)28-15)25(31)29-21-13-7-11-16-8-5-6-12-18(16)21/h2-14H,27H2,1H3,(H,29,31). The largest absolute Gasteiger partial charge is 0.397 e. The Balaban J connectivity index is 1.53. The van der Waals surface area contributed by atoms with Gasteiger partial charge in [0.05, 0.1) is 11.4 Å². The lowest BCUT2D eigenvalue weighted by molar-refractivity contribution is 0.102. The minimum atomic E-state index is -0.296. The maximum Gasteiger partial charge on any atom is 0.267 e. The highest BCUT2D eigenvalue weighted by Crippen LogP contribution is 2.35. The van der Waals surface area contributed by atoms with E-state index in [0.29, 0.717) is 43.3 Å². The molecule has 5 nitrogen and oxygen atoms in total. The van der Waals surface area contributed by atoms with Gasteiger partial charge in [-0.05, 0) is 24.4 Å². The van der Waals surface area contributed by atoms with Crippen LogP contribution in [0.3, 0.4) is 0 Å². The molecule has 6 heteroatoms. The van der Waals surface area contributed by atoms with E-state index in [1.54, 1.807) is 25.1 Å². The van der Waals surface area contributed by atoms with Gasteiger partial charge in [0, 0.05) is 27.6 Å². The van der Waals surface area contributed by atoms with E-state index in [4.69, 9.17) is 5.73 Å². The summed E-state index contributed by atoms with van der Waals surface area (Å²) in [6.07, 6.45) is 0. The number of amides is 1. The number of aryl methyl sites for hydroxylation is 1. The molecule has 0 saturated heterocycles. The van der Waals surface area contributed by atoms with Gasteiger partial charge in [-0.15, -0.1) is 11.3 Å². The number of nitrogens with one attached hydrogen (secondary N) is 1. The summed E-state index contributed by atoms with van der Waals surface area (Å²) < 4.78 is 0. The molecule has 0 unspecified atom stereocenters. The summed E-state index contributed by atoms with van der Waals surface area (Å²) in [7, 11) is 0. The van der Waals surface area contributed by atoms with Crippen molar-refractivity contribution < 1.29 is 9.59 Å². The highest BCUT2D eigenvalue weighted by Gasteiger charge is 2.21. The summed E-state index contributed by atoms with van der Waals surface area (Å²) in [5.41, 5.74) is 9.08. The number of hydrogen-bond donors (Lipinski definition) is 2. The van der Waals surface area contributed by atoms with E-state index in [1.165, 1.54) is 11.3 Å². The Morgan fingerprint density at radius 1 is 0.906 bits per heavy atom. The van der Waals surface area contributed by atoms with Crippen molar-refractivity contribution in [2.75, 3.05) is 11.1 Å². The van der Waals surface area contributed by atoms with Crippen LogP contribution in [0.2, 0.25) is 0 Å². The molecule has 156 valence electrons. The second-order valence-electron chi connectivity index (χ2n) is 7.49. The number of rotatable bonds is 4. The Bertz CT molecular complexity index is 1500. The van der Waals surface area contributed by atoms with Crippen molar-refractivity contribution in [1.82, 2.24) is 4.98 Å². The van der Waals surface area contributed by atoms with Crippen molar-refractivity contribution in [3.63, 3.8) is 0 Å². The zero-order valence-electron chi connectivity index (χ0n) is 17.3. The number of nitrogens with zero attached hydrogens (tertiary/aromatic N) is 1. The van der Waals surface area contributed by atoms with E-state index in [-0.39, 0.29) is 11.7 Å². The zero-order chi connectivity index (χ0) is 22.2. The van der Waals surface area contributed by atoms with Gasteiger partial charge in [0.25, 0.3) is 5.91 Å². The molecule has 2 aromatic heterocycles. The van der Waals surface area contributed by atoms with E-state index in [2.05, 4.69) is 10.3 Å². The predicted molar refractivity (Wildman–Crippen MR) is 131 cm³/mol. The monoisotopic (exact) mass is 437 g/mol. The van der Waals surface area contributed by atoms with E-state index >= 15 is 0 Å². The molecule has 32 heavy (non-hydrogen) atoms. The Labute approximate surface area is 188 Å². The lowest BCUT2D eigenvalue weighted by Crippen LogP contribution is -2.12. The van der Waals surface area contributed by atoms with E-state index in [9.17, 15) is 9.59 Å². The maximum absolute atomic E-state index is 13.1. The molecule has 0 aliphatic rings. The van der Waals surface area contributed by atoms with Gasteiger partial charge in [0.15, 0.2) is 5.78 Å². The molecule has 0 aliphatic heterocycles. The van der Waals surface area contributed by atoms with Crippen LogP contribution in [-0.4, -0.2) is 16.7 Å².